The average molecular weight is 783 g/mol. The number of nitrogens with zero attached hydrogens (tertiary/aromatic N) is 1. The van der Waals surface area contributed by atoms with E-state index in [1.807, 2.05) is 30.3 Å². The molecule has 2 aromatic rings. The number of aliphatic hydroxyl groups is 1. The maximum absolute atomic E-state index is 14.1. The molecular formula is C38H54N8O10. The van der Waals surface area contributed by atoms with Crippen molar-refractivity contribution in [3.8, 4) is 5.75 Å². The van der Waals surface area contributed by atoms with E-state index in [9.17, 15) is 43.8 Å². The Morgan fingerprint density at radius 2 is 1.45 bits per heavy atom. The minimum atomic E-state index is -1.53. The molecule has 306 valence electrons. The van der Waals surface area contributed by atoms with Crippen molar-refractivity contribution < 1.29 is 48.9 Å². The van der Waals surface area contributed by atoms with Gasteiger partial charge in [0, 0.05) is 13.0 Å². The summed E-state index contributed by atoms with van der Waals surface area (Å²) in [5.74, 6) is -5.58. The molecule has 0 saturated carbocycles. The Bertz CT molecular complexity index is 1660. The Morgan fingerprint density at radius 3 is 2.07 bits per heavy atom. The highest BCUT2D eigenvalue weighted by Gasteiger charge is 2.39. The standard InChI is InChI=1S/C38H54N8O10/c1-22(33(51)43-28(11-6-7-17-39)35(53)45-32(23(2)47)37(55)41-21-31(49)50)42-36(54)30-12-8-18-46(30)38(56)29(20-25-13-15-26(48)16-14-25)44-34(52)27(40)19-24-9-4-3-5-10-24/h3-5,9-10,13-16,22-23,27-30,32,47-48H,6-8,11-12,17-21,39-40H2,1-2H3,(H,41,55)(H,42,54)(H,43,51)(H,44,52)(H,45,53)(H,49,50)/t22-,23+,27-,28-,29-,30-,32-/m0/s1. The summed E-state index contributed by atoms with van der Waals surface area (Å²) in [5, 5.41) is 41.2. The predicted molar refractivity (Wildman–Crippen MR) is 203 cm³/mol. The third-order valence-electron chi connectivity index (χ3n) is 9.27. The fraction of sp³-hybridized carbons (Fsp3) is 0.500. The number of benzene rings is 2. The molecule has 7 atom stereocenters. The first-order valence-electron chi connectivity index (χ1n) is 18.6. The molecule has 0 unspecified atom stereocenters. The zero-order valence-electron chi connectivity index (χ0n) is 31.6. The summed E-state index contributed by atoms with van der Waals surface area (Å²) < 4.78 is 0. The molecule has 56 heavy (non-hydrogen) atoms. The van der Waals surface area contributed by atoms with E-state index in [0.717, 1.165) is 5.56 Å². The van der Waals surface area contributed by atoms with Gasteiger partial charge in [-0.3, -0.25) is 33.6 Å². The van der Waals surface area contributed by atoms with Gasteiger partial charge < -0.3 is 58.3 Å². The first-order chi connectivity index (χ1) is 26.6. The summed E-state index contributed by atoms with van der Waals surface area (Å²) in [7, 11) is 0. The molecule has 0 aliphatic carbocycles. The number of aliphatic hydroxyl groups excluding tert-OH is 1. The molecule has 1 fully saturated rings. The Morgan fingerprint density at radius 1 is 0.804 bits per heavy atom. The molecule has 18 nitrogen and oxygen atoms in total. The highest BCUT2D eigenvalue weighted by molar-refractivity contribution is 5.97. The van der Waals surface area contributed by atoms with E-state index < -0.39 is 90.3 Å². The monoisotopic (exact) mass is 782 g/mol. The SMILES string of the molecule is C[C@H](NC(=O)[C@@H]1CCCN1C(=O)[C@H](Cc1ccc(O)cc1)NC(=O)[C@@H](N)Cc1ccccc1)C(=O)N[C@@H](CCCCN)C(=O)N[C@H](C(=O)NCC(=O)O)[C@@H](C)O. The molecule has 3 rings (SSSR count). The Labute approximate surface area is 325 Å². The van der Waals surface area contributed by atoms with Crippen molar-refractivity contribution in [2.75, 3.05) is 19.6 Å². The highest BCUT2D eigenvalue weighted by atomic mass is 16.4. The Kier molecular flexibility index (Phi) is 17.7. The summed E-state index contributed by atoms with van der Waals surface area (Å²) in [6.45, 7) is 2.38. The topological polar surface area (TPSA) is 296 Å². The second kappa shape index (κ2) is 22.1. The molecule has 1 aliphatic rings. The molecule has 0 bridgehead atoms. The second-order valence-electron chi connectivity index (χ2n) is 13.8. The normalized spacial score (nSPS) is 16.9. The summed E-state index contributed by atoms with van der Waals surface area (Å²) in [4.78, 5) is 92.4. The number of carbonyl (C=O) groups excluding carboxylic acids is 6. The molecular weight excluding hydrogens is 728 g/mol. The number of phenols is 1. The number of hydrogen-bond donors (Lipinski definition) is 10. The number of amides is 6. The van der Waals surface area contributed by atoms with Crippen LogP contribution in [0.1, 0.15) is 57.1 Å². The average Bonchev–Trinajstić information content (AvgIpc) is 3.66. The van der Waals surface area contributed by atoms with Crippen molar-refractivity contribution in [3.63, 3.8) is 0 Å². The third-order valence-corrected chi connectivity index (χ3v) is 9.27. The van der Waals surface area contributed by atoms with Gasteiger partial charge in [0.2, 0.25) is 35.4 Å². The predicted octanol–water partition coefficient (Wildman–Crippen LogP) is -1.83. The number of aliphatic carboxylic acids is 1. The van der Waals surface area contributed by atoms with Crippen molar-refractivity contribution in [1.29, 1.82) is 0 Å². The molecule has 1 saturated heterocycles. The first-order valence-corrected chi connectivity index (χ1v) is 18.6. The molecule has 18 heteroatoms. The van der Waals surface area contributed by atoms with Crippen LogP contribution >= 0.6 is 0 Å². The molecule has 0 radical (unpaired) electrons. The van der Waals surface area contributed by atoms with Gasteiger partial charge in [-0.05, 0) is 82.2 Å². The molecule has 0 aromatic heterocycles. The van der Waals surface area contributed by atoms with Crippen molar-refractivity contribution in [2.24, 2.45) is 11.5 Å². The fourth-order valence-electron chi connectivity index (χ4n) is 6.18. The Balaban J connectivity index is 1.71. The maximum Gasteiger partial charge on any atom is 0.322 e. The van der Waals surface area contributed by atoms with Crippen molar-refractivity contribution in [3.05, 3.63) is 65.7 Å². The van der Waals surface area contributed by atoms with E-state index in [-0.39, 0.29) is 38.0 Å². The van der Waals surface area contributed by atoms with Crippen LogP contribution in [0.4, 0.5) is 0 Å². The van der Waals surface area contributed by atoms with E-state index in [1.165, 1.54) is 30.9 Å². The number of nitrogens with two attached hydrogens (primary N) is 2. The van der Waals surface area contributed by atoms with Crippen LogP contribution in [-0.2, 0) is 46.4 Å². The third kappa shape index (κ3) is 13.9. The van der Waals surface area contributed by atoms with E-state index in [2.05, 4.69) is 26.6 Å². The fourth-order valence-corrected chi connectivity index (χ4v) is 6.18. The second-order valence-corrected chi connectivity index (χ2v) is 13.8. The zero-order valence-corrected chi connectivity index (χ0v) is 31.6. The number of carboxylic acids is 1. The molecule has 1 heterocycles. The van der Waals surface area contributed by atoms with Gasteiger partial charge in [-0.15, -0.1) is 0 Å². The summed E-state index contributed by atoms with van der Waals surface area (Å²) in [5.41, 5.74) is 13.3. The van der Waals surface area contributed by atoms with Crippen molar-refractivity contribution in [1.82, 2.24) is 31.5 Å². The van der Waals surface area contributed by atoms with Crippen LogP contribution in [-0.4, -0.2) is 124 Å². The molecule has 6 amide bonds. The van der Waals surface area contributed by atoms with Crippen LogP contribution in [0.5, 0.6) is 5.75 Å². The lowest BCUT2D eigenvalue weighted by atomic mass is 10.0. The van der Waals surface area contributed by atoms with Gasteiger partial charge in [0.25, 0.3) is 0 Å². The van der Waals surface area contributed by atoms with Crippen LogP contribution in [0.3, 0.4) is 0 Å². The lowest BCUT2D eigenvalue weighted by molar-refractivity contribution is -0.142. The molecule has 1 aliphatic heterocycles. The lowest BCUT2D eigenvalue weighted by Crippen LogP contribution is -2.60. The summed E-state index contributed by atoms with van der Waals surface area (Å²) in [6, 6.07) is 8.26. The smallest absolute Gasteiger partial charge is 0.322 e. The van der Waals surface area contributed by atoms with Gasteiger partial charge in [-0.2, -0.15) is 0 Å². The molecule has 2 aromatic carbocycles. The van der Waals surface area contributed by atoms with E-state index >= 15 is 0 Å². The van der Waals surface area contributed by atoms with Gasteiger partial charge in [-0.25, -0.2) is 0 Å². The van der Waals surface area contributed by atoms with Gasteiger partial charge in [0.1, 0.15) is 42.5 Å². The number of aromatic hydroxyl groups is 1. The van der Waals surface area contributed by atoms with Gasteiger partial charge in [0.15, 0.2) is 0 Å². The Hall–Kier alpha value is -5.59. The van der Waals surface area contributed by atoms with Gasteiger partial charge >= 0.3 is 5.97 Å². The first kappa shape index (κ1) is 44.8. The van der Waals surface area contributed by atoms with Crippen LogP contribution in [0.2, 0.25) is 0 Å². The largest absolute Gasteiger partial charge is 0.508 e. The summed E-state index contributed by atoms with van der Waals surface area (Å²) in [6.07, 6.45) is 0.579. The number of nitrogens with one attached hydrogen (secondary N) is 5. The maximum atomic E-state index is 14.1. The van der Waals surface area contributed by atoms with Gasteiger partial charge in [-0.1, -0.05) is 42.5 Å². The van der Waals surface area contributed by atoms with Crippen LogP contribution in [0, 0.1) is 0 Å². The highest BCUT2D eigenvalue weighted by Crippen LogP contribution is 2.21. The minimum Gasteiger partial charge on any atom is -0.508 e. The van der Waals surface area contributed by atoms with E-state index in [1.54, 1.807) is 12.1 Å². The van der Waals surface area contributed by atoms with Crippen molar-refractivity contribution in [2.45, 2.75) is 101 Å². The van der Waals surface area contributed by atoms with Crippen LogP contribution < -0.4 is 38.1 Å². The number of carboxylic acid groups (broad SMARTS) is 1. The van der Waals surface area contributed by atoms with Gasteiger partial charge in [0.05, 0.1) is 12.1 Å². The molecule has 12 N–H and O–H groups in total. The number of likely N-dealkylation sites (tertiary alicyclic amines) is 1. The number of rotatable bonds is 21. The van der Waals surface area contributed by atoms with E-state index in [0.29, 0.717) is 31.4 Å². The van der Waals surface area contributed by atoms with Crippen LogP contribution in [0.25, 0.3) is 0 Å². The number of unbranched alkanes of at least 4 members (excludes halogenated alkanes) is 1. The summed E-state index contributed by atoms with van der Waals surface area (Å²) >= 11 is 0. The lowest BCUT2D eigenvalue weighted by Gasteiger charge is -2.30. The number of carbonyl (C=O) groups is 7. The quantitative estimate of drug-likeness (QED) is 0.0626. The van der Waals surface area contributed by atoms with E-state index in [4.69, 9.17) is 16.6 Å². The van der Waals surface area contributed by atoms with Crippen LogP contribution in [0.15, 0.2) is 54.6 Å². The number of hydrogen-bond acceptors (Lipinski definition) is 11. The minimum absolute atomic E-state index is 0.0202. The van der Waals surface area contributed by atoms with Crippen molar-refractivity contribution >= 4 is 41.4 Å². The molecule has 0 spiro atoms. The number of phenolic OH excluding ortho intramolecular Hbond substituents is 1. The zero-order chi connectivity index (χ0) is 41.4.